The van der Waals surface area contributed by atoms with Crippen molar-refractivity contribution >= 4 is 30.4 Å². The first kappa shape index (κ1) is 21.5. The number of aryl methyl sites for hydroxylation is 1. The molecule has 0 aliphatic rings. The van der Waals surface area contributed by atoms with E-state index in [1.165, 1.54) is 0 Å². The van der Waals surface area contributed by atoms with Gasteiger partial charge < -0.3 is 15.7 Å². The van der Waals surface area contributed by atoms with Crippen molar-refractivity contribution in [3.05, 3.63) is 71.3 Å². The van der Waals surface area contributed by atoms with Gasteiger partial charge in [0.2, 0.25) is 5.91 Å². The van der Waals surface area contributed by atoms with Crippen molar-refractivity contribution < 1.29 is 19.5 Å². The van der Waals surface area contributed by atoms with E-state index in [0.717, 1.165) is 11.1 Å². The summed E-state index contributed by atoms with van der Waals surface area (Å²) in [6.07, 6.45) is 0.436. The predicted molar refractivity (Wildman–Crippen MR) is 111 cm³/mol. The Morgan fingerprint density at radius 1 is 0.964 bits per heavy atom. The minimum Gasteiger partial charge on any atom is -0.480 e. The van der Waals surface area contributed by atoms with Crippen LogP contribution in [0.4, 0.5) is 0 Å². The maximum absolute atomic E-state index is 12.7. The summed E-state index contributed by atoms with van der Waals surface area (Å²) < 4.78 is 0. The van der Waals surface area contributed by atoms with E-state index in [4.69, 9.17) is 0 Å². The van der Waals surface area contributed by atoms with Crippen molar-refractivity contribution in [3.8, 4) is 0 Å². The zero-order valence-corrected chi connectivity index (χ0v) is 16.5. The number of rotatable bonds is 9. The van der Waals surface area contributed by atoms with Crippen molar-refractivity contribution in [2.75, 3.05) is 5.75 Å². The quantitative estimate of drug-likeness (QED) is 0.486. The molecule has 1 unspecified atom stereocenters. The summed E-state index contributed by atoms with van der Waals surface area (Å²) in [6, 6.07) is 14.1. The monoisotopic (exact) mass is 400 g/mol. The Kier molecular flexibility index (Phi) is 8.07. The van der Waals surface area contributed by atoms with Crippen LogP contribution in [0.2, 0.25) is 0 Å². The third-order valence-electron chi connectivity index (χ3n) is 4.33. The van der Waals surface area contributed by atoms with Gasteiger partial charge >= 0.3 is 5.97 Å². The van der Waals surface area contributed by atoms with E-state index in [9.17, 15) is 19.5 Å². The van der Waals surface area contributed by atoms with Crippen LogP contribution in [-0.2, 0) is 16.0 Å². The number of carbonyl (C=O) groups excluding carboxylic acids is 2. The molecule has 3 N–H and O–H groups in total. The van der Waals surface area contributed by atoms with Gasteiger partial charge in [0.15, 0.2) is 0 Å². The number of thiol groups is 1. The van der Waals surface area contributed by atoms with Gasteiger partial charge in [-0.1, -0.05) is 48.5 Å². The second-order valence-electron chi connectivity index (χ2n) is 6.44. The molecule has 2 amide bonds. The highest BCUT2D eigenvalue weighted by Crippen LogP contribution is 2.09. The zero-order chi connectivity index (χ0) is 20.5. The molecule has 2 atom stereocenters. The molecule has 148 valence electrons. The van der Waals surface area contributed by atoms with Gasteiger partial charge in [-0.25, -0.2) is 4.79 Å². The van der Waals surface area contributed by atoms with Crippen molar-refractivity contribution in [2.45, 2.75) is 31.8 Å². The maximum Gasteiger partial charge on any atom is 0.326 e. The van der Waals surface area contributed by atoms with Crippen LogP contribution in [0.1, 0.15) is 27.9 Å². The second kappa shape index (κ2) is 10.5. The molecule has 0 spiro atoms. The molecule has 2 aromatic carbocycles. The number of hydrogen-bond acceptors (Lipinski definition) is 4. The van der Waals surface area contributed by atoms with Crippen LogP contribution in [0.25, 0.3) is 0 Å². The summed E-state index contributed by atoms with van der Waals surface area (Å²) in [5, 5.41) is 14.7. The van der Waals surface area contributed by atoms with E-state index in [0.29, 0.717) is 11.3 Å². The van der Waals surface area contributed by atoms with Crippen LogP contribution in [0.3, 0.4) is 0 Å². The molecule has 0 aliphatic carbocycles. The Morgan fingerprint density at radius 2 is 1.61 bits per heavy atom. The van der Waals surface area contributed by atoms with Crippen LogP contribution in [0, 0.1) is 6.92 Å². The van der Waals surface area contributed by atoms with Crippen molar-refractivity contribution in [1.82, 2.24) is 10.6 Å². The highest BCUT2D eigenvalue weighted by molar-refractivity contribution is 7.80. The molecular formula is C21H24N2O4S. The van der Waals surface area contributed by atoms with Crippen molar-refractivity contribution in [1.29, 1.82) is 0 Å². The largest absolute Gasteiger partial charge is 0.480 e. The van der Waals surface area contributed by atoms with Crippen molar-refractivity contribution in [2.24, 2.45) is 0 Å². The second-order valence-corrected chi connectivity index (χ2v) is 6.89. The molecule has 0 heterocycles. The predicted octanol–water partition coefficient (Wildman–Crippen LogP) is 2.23. The lowest BCUT2D eigenvalue weighted by molar-refractivity contribution is -0.142. The molecule has 0 bridgehead atoms. The molecule has 2 aromatic rings. The van der Waals surface area contributed by atoms with Gasteiger partial charge in [-0.2, -0.15) is 12.6 Å². The number of amides is 2. The summed E-state index contributed by atoms with van der Waals surface area (Å²) in [5.41, 5.74) is 2.06. The number of benzene rings is 2. The summed E-state index contributed by atoms with van der Waals surface area (Å²) in [6.45, 7) is 1.81. The Bertz CT molecular complexity index is 826. The molecule has 0 fully saturated rings. The highest BCUT2D eigenvalue weighted by atomic mass is 32.1. The number of carboxylic acid groups (broad SMARTS) is 1. The average molecular weight is 401 g/mol. The van der Waals surface area contributed by atoms with Crippen LogP contribution >= 0.6 is 12.6 Å². The summed E-state index contributed by atoms with van der Waals surface area (Å²) in [7, 11) is 0. The fourth-order valence-electron chi connectivity index (χ4n) is 2.78. The van der Waals surface area contributed by atoms with Gasteiger partial charge in [0.25, 0.3) is 5.91 Å². The van der Waals surface area contributed by atoms with Gasteiger partial charge in [-0.3, -0.25) is 9.59 Å². The van der Waals surface area contributed by atoms with E-state index < -0.39 is 24.0 Å². The first-order valence-electron chi connectivity index (χ1n) is 8.96. The van der Waals surface area contributed by atoms with Crippen LogP contribution < -0.4 is 10.6 Å². The Hall–Kier alpha value is -2.80. The van der Waals surface area contributed by atoms with Crippen LogP contribution in [0.15, 0.2) is 54.6 Å². The molecule has 0 saturated heterocycles. The van der Waals surface area contributed by atoms with Gasteiger partial charge in [0, 0.05) is 12.0 Å². The normalized spacial score (nSPS) is 12.6. The Labute approximate surface area is 169 Å². The third-order valence-corrected chi connectivity index (χ3v) is 4.58. The topological polar surface area (TPSA) is 95.5 Å². The lowest BCUT2D eigenvalue weighted by Gasteiger charge is -2.21. The minimum absolute atomic E-state index is 0.154. The fraction of sp³-hybridized carbons (Fsp3) is 0.286. The molecular weight excluding hydrogens is 376 g/mol. The molecule has 0 aliphatic heterocycles. The Morgan fingerprint density at radius 3 is 2.21 bits per heavy atom. The third kappa shape index (κ3) is 6.13. The first-order valence-corrected chi connectivity index (χ1v) is 9.60. The van der Waals surface area contributed by atoms with Gasteiger partial charge in [0.05, 0.1) is 0 Å². The molecule has 28 heavy (non-hydrogen) atoms. The number of nitrogens with one attached hydrogen (secondary N) is 2. The van der Waals surface area contributed by atoms with Crippen LogP contribution in [0.5, 0.6) is 0 Å². The number of carbonyl (C=O) groups is 3. The standard InChI is InChI=1S/C21H24N2O4S/c1-14-7-5-6-10-16(14)19(24)22-17(11-12-28)20(25)23-18(21(26)27)13-15-8-3-2-4-9-15/h2-10,17-18,28H,11-13H2,1H3,(H,22,24)(H,23,25)(H,26,27)/t17?,18-/m1/s1. The maximum atomic E-state index is 12.7. The van der Waals surface area contributed by atoms with Gasteiger partial charge in [-0.05, 0) is 36.3 Å². The van der Waals surface area contributed by atoms with Crippen LogP contribution in [-0.4, -0.2) is 40.7 Å². The smallest absolute Gasteiger partial charge is 0.326 e. The number of hydrogen-bond donors (Lipinski definition) is 4. The van der Waals surface area contributed by atoms with E-state index in [2.05, 4.69) is 23.3 Å². The van der Waals surface area contributed by atoms with E-state index in [-0.39, 0.29) is 18.7 Å². The average Bonchev–Trinajstić information content (AvgIpc) is 2.68. The van der Waals surface area contributed by atoms with Crippen molar-refractivity contribution in [3.63, 3.8) is 0 Å². The SMILES string of the molecule is Cc1ccccc1C(=O)NC(CCS)C(=O)N[C@H](Cc1ccccc1)C(=O)O. The first-order chi connectivity index (χ1) is 13.4. The fourth-order valence-corrected chi connectivity index (χ4v) is 3.04. The van der Waals surface area contributed by atoms with Gasteiger partial charge in [-0.15, -0.1) is 0 Å². The molecule has 6 nitrogen and oxygen atoms in total. The lowest BCUT2D eigenvalue weighted by Crippen LogP contribution is -2.52. The summed E-state index contributed by atoms with van der Waals surface area (Å²) in [5.74, 6) is -1.69. The molecule has 7 heteroatoms. The van der Waals surface area contributed by atoms with E-state index in [1.807, 2.05) is 37.3 Å². The molecule has 2 rings (SSSR count). The minimum atomic E-state index is -1.13. The number of aliphatic carboxylic acids is 1. The summed E-state index contributed by atoms with van der Waals surface area (Å²) in [4.78, 5) is 36.8. The summed E-state index contributed by atoms with van der Waals surface area (Å²) >= 11 is 4.15. The molecule has 0 saturated carbocycles. The van der Waals surface area contributed by atoms with E-state index in [1.54, 1.807) is 24.3 Å². The Balaban J connectivity index is 2.08. The highest BCUT2D eigenvalue weighted by Gasteiger charge is 2.26. The molecule has 0 aromatic heterocycles. The lowest BCUT2D eigenvalue weighted by atomic mass is 10.0. The zero-order valence-electron chi connectivity index (χ0n) is 15.6. The number of carboxylic acids is 1. The molecule has 0 radical (unpaired) electrons. The van der Waals surface area contributed by atoms with Gasteiger partial charge in [0.1, 0.15) is 12.1 Å². The van der Waals surface area contributed by atoms with E-state index >= 15 is 0 Å².